The molecule has 1 aliphatic heterocycles. The molecule has 1 N–H and O–H groups in total. The number of amides is 1. The summed E-state index contributed by atoms with van der Waals surface area (Å²) >= 11 is 5.94. The molecule has 0 aromatic heterocycles. The highest BCUT2D eigenvalue weighted by Gasteiger charge is 2.39. The number of rotatable bonds is 4. The van der Waals surface area contributed by atoms with Gasteiger partial charge in [-0.25, -0.2) is 8.42 Å². The third-order valence-electron chi connectivity index (χ3n) is 5.79. The molecule has 0 saturated carbocycles. The van der Waals surface area contributed by atoms with Crippen LogP contribution in [0.15, 0.2) is 71.6 Å². The van der Waals surface area contributed by atoms with Crippen molar-refractivity contribution >= 4 is 33.2 Å². The van der Waals surface area contributed by atoms with Gasteiger partial charge in [-0.1, -0.05) is 48.0 Å². The number of carbonyl (C=O) groups excluding carboxylic acids is 1. The third kappa shape index (κ3) is 4.24. The fourth-order valence-electron chi connectivity index (χ4n) is 3.82. The zero-order valence-corrected chi connectivity index (χ0v) is 18.9. The fourth-order valence-corrected chi connectivity index (χ4v) is 5.51. The lowest BCUT2D eigenvalue weighted by molar-refractivity contribution is -0.120. The average Bonchev–Trinajstić information content (AvgIpc) is 2.76. The van der Waals surface area contributed by atoms with E-state index < -0.39 is 16.1 Å². The lowest BCUT2D eigenvalue weighted by Gasteiger charge is -2.35. The number of nitrogens with zero attached hydrogens (tertiary/aromatic N) is 1. The van der Waals surface area contributed by atoms with Crippen LogP contribution in [-0.2, 0) is 27.8 Å². The highest BCUT2D eigenvalue weighted by Crippen LogP contribution is 2.30. The van der Waals surface area contributed by atoms with Crippen LogP contribution in [0.5, 0.6) is 0 Å². The van der Waals surface area contributed by atoms with Crippen LogP contribution < -0.4 is 5.32 Å². The molecule has 160 valence electrons. The molecule has 3 aromatic carbocycles. The Morgan fingerprint density at radius 1 is 0.968 bits per heavy atom. The maximum Gasteiger partial charge on any atom is 0.244 e. The van der Waals surface area contributed by atoms with Gasteiger partial charge in [0.05, 0.1) is 4.90 Å². The van der Waals surface area contributed by atoms with Gasteiger partial charge in [0, 0.05) is 17.3 Å². The highest BCUT2D eigenvalue weighted by molar-refractivity contribution is 7.89. The number of nitrogens with one attached hydrogen (secondary N) is 1. The molecule has 0 saturated heterocycles. The SMILES string of the molecule is Cc1cccc(NC(=O)[C@H]2Cc3ccccc3CN2S(=O)(=O)c2ccc(Cl)cc2)c1C. The van der Waals surface area contributed by atoms with Crippen LogP contribution in [0.1, 0.15) is 22.3 Å². The van der Waals surface area contributed by atoms with E-state index in [0.29, 0.717) is 17.1 Å². The summed E-state index contributed by atoms with van der Waals surface area (Å²) in [4.78, 5) is 13.5. The van der Waals surface area contributed by atoms with Crippen molar-refractivity contribution in [3.8, 4) is 0 Å². The summed E-state index contributed by atoms with van der Waals surface area (Å²) in [5.74, 6) is -0.347. The number of halogens is 1. The van der Waals surface area contributed by atoms with E-state index in [1.165, 1.54) is 28.6 Å². The number of fused-ring (bicyclic) bond motifs is 1. The van der Waals surface area contributed by atoms with E-state index in [1.807, 2.05) is 56.3 Å². The van der Waals surface area contributed by atoms with E-state index in [4.69, 9.17) is 11.6 Å². The first-order valence-corrected chi connectivity index (χ1v) is 11.8. The largest absolute Gasteiger partial charge is 0.324 e. The summed E-state index contributed by atoms with van der Waals surface area (Å²) in [5, 5.41) is 3.40. The molecule has 7 heteroatoms. The molecule has 0 bridgehead atoms. The van der Waals surface area contributed by atoms with Gasteiger partial charge in [-0.15, -0.1) is 0 Å². The van der Waals surface area contributed by atoms with Crippen LogP contribution in [0, 0.1) is 13.8 Å². The smallest absolute Gasteiger partial charge is 0.244 e. The molecule has 5 nitrogen and oxygen atoms in total. The van der Waals surface area contributed by atoms with E-state index in [1.54, 1.807) is 0 Å². The first-order chi connectivity index (χ1) is 14.8. The molecule has 4 rings (SSSR count). The lowest BCUT2D eigenvalue weighted by Crippen LogP contribution is -2.50. The Kier molecular flexibility index (Phi) is 5.88. The topological polar surface area (TPSA) is 66.5 Å². The standard InChI is InChI=1S/C24H23ClN2O3S/c1-16-6-5-9-22(17(16)2)26-24(28)23-14-18-7-3-4-8-19(18)15-27(23)31(29,30)21-12-10-20(25)11-13-21/h3-13,23H,14-15H2,1-2H3,(H,26,28)/t23-/m1/s1. The van der Waals surface area contributed by atoms with Crippen LogP contribution in [0.4, 0.5) is 5.69 Å². The van der Waals surface area contributed by atoms with Gasteiger partial charge in [0.15, 0.2) is 0 Å². The van der Waals surface area contributed by atoms with Gasteiger partial charge in [-0.2, -0.15) is 4.31 Å². The minimum Gasteiger partial charge on any atom is -0.324 e. The lowest BCUT2D eigenvalue weighted by atomic mass is 9.95. The minimum atomic E-state index is -3.91. The maximum absolute atomic E-state index is 13.5. The molecule has 0 aliphatic carbocycles. The summed E-state index contributed by atoms with van der Waals surface area (Å²) in [7, 11) is -3.91. The van der Waals surface area contributed by atoms with Crippen LogP contribution in [-0.4, -0.2) is 24.7 Å². The number of sulfonamides is 1. The Balaban J connectivity index is 1.73. The van der Waals surface area contributed by atoms with Crippen molar-refractivity contribution in [2.75, 3.05) is 5.32 Å². The van der Waals surface area contributed by atoms with Gasteiger partial charge in [0.1, 0.15) is 6.04 Å². The summed E-state index contributed by atoms with van der Waals surface area (Å²) < 4.78 is 28.3. The van der Waals surface area contributed by atoms with Gasteiger partial charge in [0.2, 0.25) is 15.9 Å². The molecule has 0 fully saturated rings. The third-order valence-corrected chi connectivity index (χ3v) is 7.91. The Labute approximate surface area is 187 Å². The number of anilines is 1. The predicted octanol–water partition coefficient (Wildman–Crippen LogP) is 4.71. The Morgan fingerprint density at radius 3 is 2.35 bits per heavy atom. The van der Waals surface area contributed by atoms with Gasteiger partial charge in [-0.3, -0.25) is 4.79 Å². The van der Waals surface area contributed by atoms with Crippen LogP contribution in [0.2, 0.25) is 5.02 Å². The van der Waals surface area contributed by atoms with Gasteiger partial charge in [0.25, 0.3) is 0 Å². The summed E-state index contributed by atoms with van der Waals surface area (Å²) in [6, 6.07) is 18.5. The van der Waals surface area contributed by atoms with Crippen molar-refractivity contribution in [2.24, 2.45) is 0 Å². The Hall–Kier alpha value is -2.67. The summed E-state index contributed by atoms with van der Waals surface area (Å²) in [6.07, 6.45) is 0.305. The van der Waals surface area contributed by atoms with Crippen molar-refractivity contribution in [2.45, 2.75) is 37.8 Å². The normalized spacial score (nSPS) is 16.5. The predicted molar refractivity (Wildman–Crippen MR) is 123 cm³/mol. The number of aryl methyl sites for hydroxylation is 1. The molecule has 0 unspecified atom stereocenters. The first kappa shape index (κ1) is 21.6. The second-order valence-electron chi connectivity index (χ2n) is 7.73. The minimum absolute atomic E-state index is 0.112. The zero-order valence-electron chi connectivity index (χ0n) is 17.3. The van der Waals surface area contributed by atoms with Crippen LogP contribution >= 0.6 is 11.6 Å². The number of hydrogen-bond donors (Lipinski definition) is 1. The molecule has 3 aromatic rings. The molecule has 0 spiro atoms. The van der Waals surface area contributed by atoms with Crippen LogP contribution in [0.25, 0.3) is 0 Å². The molecular formula is C24H23ClN2O3S. The van der Waals surface area contributed by atoms with Crippen LogP contribution in [0.3, 0.4) is 0 Å². The summed E-state index contributed by atoms with van der Waals surface area (Å²) in [6.45, 7) is 4.04. The van der Waals surface area contributed by atoms with E-state index in [-0.39, 0.29) is 17.3 Å². The van der Waals surface area contributed by atoms with Crippen molar-refractivity contribution in [1.29, 1.82) is 0 Å². The second kappa shape index (κ2) is 8.46. The summed E-state index contributed by atoms with van der Waals surface area (Å²) in [5.41, 5.74) is 4.58. The fraction of sp³-hybridized carbons (Fsp3) is 0.208. The molecule has 1 atom stereocenters. The van der Waals surface area contributed by atoms with Crippen molar-refractivity contribution in [3.05, 3.63) is 94.0 Å². The van der Waals surface area contributed by atoms with Gasteiger partial charge in [-0.05, 0) is 72.9 Å². The van der Waals surface area contributed by atoms with Crippen molar-refractivity contribution in [1.82, 2.24) is 4.31 Å². The maximum atomic E-state index is 13.5. The van der Waals surface area contributed by atoms with Gasteiger partial charge < -0.3 is 5.32 Å². The molecule has 1 amide bonds. The van der Waals surface area contributed by atoms with Crippen molar-refractivity contribution in [3.63, 3.8) is 0 Å². The number of benzene rings is 3. The molecule has 0 radical (unpaired) electrons. The van der Waals surface area contributed by atoms with E-state index in [0.717, 1.165) is 22.3 Å². The van der Waals surface area contributed by atoms with E-state index in [2.05, 4.69) is 5.32 Å². The molecular weight excluding hydrogens is 432 g/mol. The van der Waals surface area contributed by atoms with Gasteiger partial charge >= 0.3 is 0 Å². The van der Waals surface area contributed by atoms with E-state index in [9.17, 15) is 13.2 Å². The molecule has 1 heterocycles. The molecule has 1 aliphatic rings. The van der Waals surface area contributed by atoms with E-state index >= 15 is 0 Å². The zero-order chi connectivity index (χ0) is 22.2. The number of hydrogen-bond acceptors (Lipinski definition) is 3. The number of carbonyl (C=O) groups is 1. The monoisotopic (exact) mass is 454 g/mol. The Bertz CT molecular complexity index is 1240. The Morgan fingerprint density at radius 2 is 1.65 bits per heavy atom. The molecule has 31 heavy (non-hydrogen) atoms. The first-order valence-electron chi connectivity index (χ1n) is 9.98. The second-order valence-corrected chi connectivity index (χ2v) is 10.1. The van der Waals surface area contributed by atoms with Crippen molar-refractivity contribution < 1.29 is 13.2 Å². The quantitative estimate of drug-likeness (QED) is 0.620. The highest BCUT2D eigenvalue weighted by atomic mass is 35.5. The average molecular weight is 455 g/mol.